The lowest BCUT2D eigenvalue weighted by Crippen LogP contribution is -2.62. The Balaban J connectivity index is 1.54. The molecule has 0 saturated carbocycles. The topological polar surface area (TPSA) is 93.5 Å². The van der Waals surface area contributed by atoms with E-state index in [1.807, 2.05) is 12.1 Å². The minimum absolute atomic E-state index is 0.216. The predicted molar refractivity (Wildman–Crippen MR) is 94.6 cm³/mol. The standard InChI is InChI=1S/C19H23N3O4/c1-2-3-8-26-15-7-6-13(20-12-15)10-16-18(23)22-17(19(24)21-16)11-14-5-4-9-25-14/h4-7,9,12,16-17H,2-3,8,10-11H2,1H3,(H,21,24)(H,22,23). The zero-order valence-corrected chi connectivity index (χ0v) is 14.7. The van der Waals surface area contributed by atoms with E-state index in [1.165, 1.54) is 0 Å². The molecule has 0 aliphatic carbocycles. The highest BCUT2D eigenvalue weighted by Crippen LogP contribution is 2.13. The Morgan fingerprint density at radius 1 is 1.12 bits per heavy atom. The lowest BCUT2D eigenvalue weighted by molar-refractivity contribution is -0.136. The van der Waals surface area contributed by atoms with E-state index in [0.717, 1.165) is 18.5 Å². The molecule has 0 aromatic carbocycles. The smallest absolute Gasteiger partial charge is 0.243 e. The number of hydrogen-bond acceptors (Lipinski definition) is 5. The average molecular weight is 357 g/mol. The number of ether oxygens (including phenoxy) is 1. The van der Waals surface area contributed by atoms with Crippen LogP contribution in [-0.2, 0) is 22.4 Å². The SMILES string of the molecule is CCCCOc1ccc(CC2NC(=O)C(Cc3ccco3)NC2=O)nc1. The molecule has 7 nitrogen and oxygen atoms in total. The Morgan fingerprint density at radius 3 is 2.50 bits per heavy atom. The Morgan fingerprint density at radius 2 is 1.88 bits per heavy atom. The summed E-state index contributed by atoms with van der Waals surface area (Å²) in [6.07, 6.45) is 5.92. The fourth-order valence-corrected chi connectivity index (χ4v) is 2.75. The van der Waals surface area contributed by atoms with Crippen LogP contribution in [0.1, 0.15) is 31.2 Å². The number of pyridine rings is 1. The van der Waals surface area contributed by atoms with Gasteiger partial charge in [0.2, 0.25) is 11.8 Å². The van der Waals surface area contributed by atoms with Crippen LogP contribution in [0.25, 0.3) is 0 Å². The number of furan rings is 1. The zero-order chi connectivity index (χ0) is 18.4. The molecule has 2 aromatic rings. The average Bonchev–Trinajstić information content (AvgIpc) is 3.14. The first-order chi connectivity index (χ1) is 12.7. The first-order valence-corrected chi connectivity index (χ1v) is 8.86. The molecule has 7 heteroatoms. The number of nitrogens with zero attached hydrogens (tertiary/aromatic N) is 1. The van der Waals surface area contributed by atoms with Gasteiger partial charge in [-0.15, -0.1) is 0 Å². The van der Waals surface area contributed by atoms with Crippen LogP contribution in [0.3, 0.4) is 0 Å². The van der Waals surface area contributed by atoms with Crippen LogP contribution in [0.5, 0.6) is 5.75 Å². The maximum Gasteiger partial charge on any atom is 0.243 e. The minimum atomic E-state index is -0.630. The summed E-state index contributed by atoms with van der Waals surface area (Å²) in [6, 6.07) is 5.93. The van der Waals surface area contributed by atoms with Crippen molar-refractivity contribution in [2.24, 2.45) is 0 Å². The monoisotopic (exact) mass is 357 g/mol. The van der Waals surface area contributed by atoms with Gasteiger partial charge in [0.25, 0.3) is 0 Å². The van der Waals surface area contributed by atoms with Gasteiger partial charge in [0.1, 0.15) is 23.6 Å². The second kappa shape index (κ2) is 8.51. The van der Waals surface area contributed by atoms with Crippen molar-refractivity contribution >= 4 is 11.8 Å². The molecule has 2 aromatic heterocycles. The fourth-order valence-electron chi connectivity index (χ4n) is 2.75. The molecule has 2 N–H and O–H groups in total. The summed E-state index contributed by atoms with van der Waals surface area (Å²) >= 11 is 0. The molecular weight excluding hydrogens is 334 g/mol. The maximum absolute atomic E-state index is 12.3. The first kappa shape index (κ1) is 18.0. The van der Waals surface area contributed by atoms with Crippen LogP contribution < -0.4 is 15.4 Å². The summed E-state index contributed by atoms with van der Waals surface area (Å²) in [5, 5.41) is 5.53. The summed E-state index contributed by atoms with van der Waals surface area (Å²) < 4.78 is 10.8. The van der Waals surface area contributed by atoms with E-state index >= 15 is 0 Å². The normalized spacial score (nSPS) is 19.7. The van der Waals surface area contributed by atoms with E-state index in [4.69, 9.17) is 9.15 Å². The minimum Gasteiger partial charge on any atom is -0.492 e. The van der Waals surface area contributed by atoms with Gasteiger partial charge in [-0.3, -0.25) is 14.6 Å². The van der Waals surface area contributed by atoms with Gasteiger partial charge in [0.15, 0.2) is 0 Å². The summed E-state index contributed by atoms with van der Waals surface area (Å²) in [5.41, 5.74) is 0.720. The molecule has 3 heterocycles. The van der Waals surface area contributed by atoms with Crippen LogP contribution in [0.4, 0.5) is 0 Å². The van der Waals surface area contributed by atoms with Crippen LogP contribution in [0.15, 0.2) is 41.1 Å². The fraction of sp³-hybridized carbons (Fsp3) is 0.421. The molecule has 2 unspecified atom stereocenters. The van der Waals surface area contributed by atoms with Crippen LogP contribution >= 0.6 is 0 Å². The van der Waals surface area contributed by atoms with Gasteiger partial charge in [-0.05, 0) is 30.7 Å². The molecule has 0 radical (unpaired) electrons. The third-order valence-electron chi connectivity index (χ3n) is 4.23. The lowest BCUT2D eigenvalue weighted by Gasteiger charge is -2.29. The third kappa shape index (κ3) is 4.62. The van der Waals surface area contributed by atoms with Gasteiger partial charge < -0.3 is 19.8 Å². The molecule has 0 spiro atoms. The van der Waals surface area contributed by atoms with Crippen molar-refractivity contribution in [2.75, 3.05) is 6.61 Å². The largest absolute Gasteiger partial charge is 0.492 e. The number of aromatic nitrogens is 1. The Labute approximate surface area is 152 Å². The Bertz CT molecular complexity index is 728. The number of carbonyl (C=O) groups excluding carboxylic acids is 2. The number of piperazine rings is 1. The molecule has 1 saturated heterocycles. The molecule has 2 atom stereocenters. The number of rotatable bonds is 8. The van der Waals surface area contributed by atoms with Gasteiger partial charge in [-0.2, -0.15) is 0 Å². The van der Waals surface area contributed by atoms with Crippen LogP contribution in [0.2, 0.25) is 0 Å². The Hall–Kier alpha value is -2.83. The van der Waals surface area contributed by atoms with Gasteiger partial charge in [0.05, 0.1) is 19.1 Å². The number of hydrogen-bond donors (Lipinski definition) is 2. The van der Waals surface area contributed by atoms with Crippen molar-refractivity contribution in [2.45, 2.75) is 44.7 Å². The molecule has 0 bridgehead atoms. The Kier molecular flexibility index (Phi) is 5.88. The van der Waals surface area contributed by atoms with E-state index in [9.17, 15) is 9.59 Å². The number of carbonyl (C=O) groups is 2. The number of nitrogens with one attached hydrogen (secondary N) is 2. The molecule has 138 valence electrons. The zero-order valence-electron chi connectivity index (χ0n) is 14.7. The van der Waals surface area contributed by atoms with Crippen molar-refractivity contribution in [3.63, 3.8) is 0 Å². The van der Waals surface area contributed by atoms with E-state index < -0.39 is 12.1 Å². The van der Waals surface area contributed by atoms with Gasteiger partial charge in [-0.25, -0.2) is 0 Å². The van der Waals surface area contributed by atoms with E-state index in [2.05, 4.69) is 22.5 Å². The highest BCUT2D eigenvalue weighted by Gasteiger charge is 2.34. The summed E-state index contributed by atoms with van der Waals surface area (Å²) in [5.74, 6) is 0.929. The molecule has 26 heavy (non-hydrogen) atoms. The molecule has 2 amide bonds. The van der Waals surface area contributed by atoms with Crippen LogP contribution in [-0.4, -0.2) is 35.5 Å². The molecule has 1 fully saturated rings. The van der Waals surface area contributed by atoms with Crippen molar-refractivity contribution in [1.82, 2.24) is 15.6 Å². The summed E-state index contributed by atoms with van der Waals surface area (Å²) in [7, 11) is 0. The van der Waals surface area contributed by atoms with Crippen LogP contribution in [0, 0.1) is 0 Å². The highest BCUT2D eigenvalue weighted by molar-refractivity contribution is 5.97. The second-order valence-corrected chi connectivity index (χ2v) is 6.30. The van der Waals surface area contributed by atoms with E-state index in [0.29, 0.717) is 31.0 Å². The first-order valence-electron chi connectivity index (χ1n) is 8.86. The van der Waals surface area contributed by atoms with Crippen molar-refractivity contribution in [1.29, 1.82) is 0 Å². The second-order valence-electron chi connectivity index (χ2n) is 6.30. The van der Waals surface area contributed by atoms with Crippen molar-refractivity contribution in [3.8, 4) is 5.75 Å². The molecule has 1 aliphatic rings. The highest BCUT2D eigenvalue weighted by atomic mass is 16.5. The van der Waals surface area contributed by atoms with Gasteiger partial charge >= 0.3 is 0 Å². The summed E-state index contributed by atoms with van der Waals surface area (Å²) in [6.45, 7) is 2.77. The van der Waals surface area contributed by atoms with E-state index in [-0.39, 0.29) is 11.8 Å². The summed E-state index contributed by atoms with van der Waals surface area (Å²) in [4.78, 5) is 28.9. The van der Waals surface area contributed by atoms with Gasteiger partial charge in [-0.1, -0.05) is 13.3 Å². The lowest BCUT2D eigenvalue weighted by atomic mass is 10.0. The predicted octanol–water partition coefficient (Wildman–Crippen LogP) is 1.62. The van der Waals surface area contributed by atoms with Gasteiger partial charge in [0, 0.05) is 18.5 Å². The van der Waals surface area contributed by atoms with Crippen molar-refractivity contribution in [3.05, 3.63) is 48.2 Å². The maximum atomic E-state index is 12.3. The molecular formula is C19H23N3O4. The third-order valence-corrected chi connectivity index (χ3v) is 4.23. The van der Waals surface area contributed by atoms with E-state index in [1.54, 1.807) is 24.6 Å². The van der Waals surface area contributed by atoms with Crippen molar-refractivity contribution < 1.29 is 18.7 Å². The quantitative estimate of drug-likeness (QED) is 0.700. The molecule has 1 aliphatic heterocycles. The number of unbranched alkanes of at least 4 members (excludes halogenated alkanes) is 1. The molecule has 3 rings (SSSR count). The number of amides is 2.